The third-order valence-corrected chi connectivity index (χ3v) is 3.41. The van der Waals surface area contributed by atoms with E-state index < -0.39 is 5.97 Å². The molecule has 5 nitrogen and oxygen atoms in total. The van der Waals surface area contributed by atoms with Crippen LogP contribution in [0.25, 0.3) is 10.9 Å². The topological polar surface area (TPSA) is 61.2 Å². The molecule has 2 aromatic heterocycles. The molecule has 0 N–H and O–H groups in total. The summed E-state index contributed by atoms with van der Waals surface area (Å²) in [6.45, 7) is 0.300. The molecule has 2 heterocycles. The highest BCUT2D eigenvalue weighted by molar-refractivity contribution is 5.88. The Morgan fingerprint density at radius 3 is 2.77 bits per heavy atom. The van der Waals surface area contributed by atoms with Gasteiger partial charge < -0.3 is 9.30 Å². The Kier molecular flexibility index (Phi) is 3.70. The maximum atomic E-state index is 12.3. The Morgan fingerprint density at radius 2 is 1.95 bits per heavy atom. The van der Waals surface area contributed by atoms with E-state index in [1.54, 1.807) is 12.3 Å². The van der Waals surface area contributed by atoms with Crippen molar-refractivity contribution in [3.05, 3.63) is 76.3 Å². The fourth-order valence-corrected chi connectivity index (χ4v) is 2.30. The zero-order valence-corrected chi connectivity index (χ0v) is 12.0. The van der Waals surface area contributed by atoms with Crippen LogP contribution in [0.2, 0.25) is 0 Å². The van der Waals surface area contributed by atoms with Crippen LogP contribution in [0, 0.1) is 0 Å². The molecule has 3 aromatic rings. The van der Waals surface area contributed by atoms with E-state index in [9.17, 15) is 9.59 Å². The van der Waals surface area contributed by atoms with Crippen LogP contribution < -0.4 is 5.56 Å². The normalized spacial score (nSPS) is 10.6. The largest absolute Gasteiger partial charge is 0.465 e. The van der Waals surface area contributed by atoms with Gasteiger partial charge in [0.15, 0.2) is 0 Å². The monoisotopic (exact) mass is 294 g/mol. The first-order chi connectivity index (χ1) is 10.7. The summed E-state index contributed by atoms with van der Waals surface area (Å²) < 4.78 is 6.06. The maximum absolute atomic E-state index is 12.3. The van der Waals surface area contributed by atoms with E-state index in [0.717, 1.165) is 16.6 Å². The Labute approximate surface area is 126 Å². The number of pyridine rings is 2. The van der Waals surface area contributed by atoms with Crippen molar-refractivity contribution in [3.63, 3.8) is 0 Å². The molecule has 0 aliphatic carbocycles. The van der Waals surface area contributed by atoms with Crippen molar-refractivity contribution in [1.82, 2.24) is 9.55 Å². The summed E-state index contributed by atoms with van der Waals surface area (Å²) in [4.78, 5) is 28.4. The summed E-state index contributed by atoms with van der Waals surface area (Å²) in [6.07, 6.45) is 1.63. The molecule has 0 atom stereocenters. The Balaban J connectivity index is 1.98. The van der Waals surface area contributed by atoms with Gasteiger partial charge in [-0.3, -0.25) is 9.78 Å². The smallest absolute Gasteiger partial charge is 0.343 e. The first-order valence-corrected chi connectivity index (χ1v) is 6.81. The van der Waals surface area contributed by atoms with Gasteiger partial charge in [-0.05, 0) is 24.3 Å². The molecule has 22 heavy (non-hydrogen) atoms. The minimum atomic E-state index is -0.633. The number of hydrogen-bond acceptors (Lipinski definition) is 4. The predicted octanol–water partition coefficient (Wildman–Crippen LogP) is 2.23. The number of para-hydroxylation sites is 1. The highest BCUT2D eigenvalue weighted by atomic mass is 16.5. The summed E-state index contributed by atoms with van der Waals surface area (Å²) in [5, 5.41) is 1.04. The number of ether oxygens (including phenoxy) is 1. The Bertz CT molecular complexity index is 900. The molecule has 110 valence electrons. The van der Waals surface area contributed by atoms with Gasteiger partial charge in [-0.25, -0.2) is 4.79 Å². The molecule has 0 aliphatic heterocycles. The molecular formula is C17H14N2O3. The van der Waals surface area contributed by atoms with Crippen molar-refractivity contribution in [2.24, 2.45) is 0 Å². The fourth-order valence-electron chi connectivity index (χ4n) is 2.30. The van der Waals surface area contributed by atoms with Gasteiger partial charge in [0.05, 0.1) is 24.9 Å². The molecule has 1 aromatic carbocycles. The minimum absolute atomic E-state index is 0.0192. The van der Waals surface area contributed by atoms with Crippen molar-refractivity contribution in [1.29, 1.82) is 0 Å². The number of benzene rings is 1. The summed E-state index contributed by atoms with van der Waals surface area (Å²) in [6, 6.07) is 14.7. The second-order valence-electron chi connectivity index (χ2n) is 4.84. The lowest BCUT2D eigenvalue weighted by Gasteiger charge is -2.07. The minimum Gasteiger partial charge on any atom is -0.465 e. The Morgan fingerprint density at radius 1 is 1.14 bits per heavy atom. The van der Waals surface area contributed by atoms with Crippen LogP contribution in [0.1, 0.15) is 16.1 Å². The molecule has 0 saturated heterocycles. The number of rotatable bonds is 3. The van der Waals surface area contributed by atoms with Gasteiger partial charge in [0.2, 0.25) is 0 Å². The fraction of sp³-hybridized carbons (Fsp3) is 0.118. The van der Waals surface area contributed by atoms with E-state index in [4.69, 9.17) is 0 Å². The third-order valence-electron chi connectivity index (χ3n) is 3.41. The van der Waals surface area contributed by atoms with Crippen LogP contribution >= 0.6 is 0 Å². The second-order valence-corrected chi connectivity index (χ2v) is 4.84. The zero-order valence-electron chi connectivity index (χ0n) is 12.0. The average molecular weight is 294 g/mol. The third kappa shape index (κ3) is 2.61. The van der Waals surface area contributed by atoms with E-state index in [1.807, 2.05) is 36.4 Å². The van der Waals surface area contributed by atoms with Crippen molar-refractivity contribution in [2.45, 2.75) is 6.54 Å². The highest BCUT2D eigenvalue weighted by Crippen LogP contribution is 2.12. The molecule has 0 bridgehead atoms. The van der Waals surface area contributed by atoms with Crippen LogP contribution in [-0.4, -0.2) is 22.6 Å². The number of fused-ring (bicyclic) bond motifs is 1. The molecule has 0 aliphatic rings. The van der Waals surface area contributed by atoms with Crippen LogP contribution in [0.15, 0.2) is 59.5 Å². The van der Waals surface area contributed by atoms with E-state index in [0.29, 0.717) is 6.54 Å². The second kappa shape index (κ2) is 5.81. The first kappa shape index (κ1) is 14.0. The number of carbonyl (C=O) groups is 1. The summed E-state index contributed by atoms with van der Waals surface area (Å²) in [5.74, 6) is -0.633. The van der Waals surface area contributed by atoms with Crippen LogP contribution in [0.4, 0.5) is 0 Å². The number of aromatic nitrogens is 2. The predicted molar refractivity (Wildman–Crippen MR) is 82.9 cm³/mol. The SMILES string of the molecule is COC(=O)c1cccn(Cc2ccc3ccccc3n2)c1=O. The summed E-state index contributed by atoms with van der Waals surface area (Å²) in [5.41, 5.74) is 1.26. The number of nitrogens with zero attached hydrogens (tertiary/aromatic N) is 2. The lowest BCUT2D eigenvalue weighted by Crippen LogP contribution is -2.26. The van der Waals surface area contributed by atoms with E-state index in [1.165, 1.54) is 17.7 Å². The lowest BCUT2D eigenvalue weighted by molar-refractivity contribution is 0.0598. The Hall–Kier alpha value is -2.95. The van der Waals surface area contributed by atoms with Crippen LogP contribution in [0.3, 0.4) is 0 Å². The lowest BCUT2D eigenvalue weighted by atomic mass is 10.2. The van der Waals surface area contributed by atoms with Gasteiger partial charge in [0.25, 0.3) is 5.56 Å². The van der Waals surface area contributed by atoms with Gasteiger partial charge in [-0.15, -0.1) is 0 Å². The quantitative estimate of drug-likeness (QED) is 0.695. The van der Waals surface area contributed by atoms with Crippen molar-refractivity contribution < 1.29 is 9.53 Å². The van der Waals surface area contributed by atoms with Gasteiger partial charge in [-0.1, -0.05) is 24.3 Å². The molecule has 0 saturated carbocycles. The van der Waals surface area contributed by atoms with E-state index in [2.05, 4.69) is 9.72 Å². The maximum Gasteiger partial charge on any atom is 0.343 e. The molecule has 0 unspecified atom stereocenters. The van der Waals surface area contributed by atoms with Crippen molar-refractivity contribution in [3.8, 4) is 0 Å². The average Bonchev–Trinajstić information content (AvgIpc) is 2.56. The van der Waals surface area contributed by atoms with Gasteiger partial charge in [0.1, 0.15) is 5.56 Å². The number of esters is 1. The molecule has 0 radical (unpaired) electrons. The number of hydrogen-bond donors (Lipinski definition) is 0. The van der Waals surface area contributed by atoms with Gasteiger partial charge in [0, 0.05) is 11.6 Å². The molecule has 3 rings (SSSR count). The van der Waals surface area contributed by atoms with Crippen molar-refractivity contribution in [2.75, 3.05) is 7.11 Å². The highest BCUT2D eigenvalue weighted by Gasteiger charge is 2.12. The van der Waals surface area contributed by atoms with Crippen LogP contribution in [-0.2, 0) is 11.3 Å². The summed E-state index contributed by atoms with van der Waals surface area (Å²) >= 11 is 0. The molecule has 0 fully saturated rings. The number of methoxy groups -OCH3 is 1. The first-order valence-electron chi connectivity index (χ1n) is 6.81. The number of carbonyl (C=O) groups excluding carboxylic acids is 1. The van der Waals surface area contributed by atoms with Gasteiger partial charge in [-0.2, -0.15) is 0 Å². The van der Waals surface area contributed by atoms with Crippen LogP contribution in [0.5, 0.6) is 0 Å². The standard InChI is InChI=1S/C17H14N2O3/c1-22-17(21)14-6-4-10-19(16(14)20)11-13-9-8-12-5-2-3-7-15(12)18-13/h2-10H,11H2,1H3. The van der Waals surface area contributed by atoms with E-state index in [-0.39, 0.29) is 11.1 Å². The van der Waals surface area contributed by atoms with Crippen molar-refractivity contribution >= 4 is 16.9 Å². The van der Waals surface area contributed by atoms with Gasteiger partial charge >= 0.3 is 5.97 Å². The molecular weight excluding hydrogens is 280 g/mol. The zero-order chi connectivity index (χ0) is 15.5. The molecule has 5 heteroatoms. The van der Waals surface area contributed by atoms with E-state index >= 15 is 0 Å². The molecule has 0 spiro atoms. The summed E-state index contributed by atoms with van der Waals surface area (Å²) in [7, 11) is 1.25. The molecule has 0 amide bonds.